The molecule has 0 aliphatic rings. The van der Waals surface area contributed by atoms with E-state index in [2.05, 4.69) is 16.4 Å². The second kappa shape index (κ2) is 8.74. The number of hydrogen-bond acceptors (Lipinski definition) is 2. The van der Waals surface area contributed by atoms with Crippen LogP contribution in [0.2, 0.25) is 0 Å². The SMILES string of the molecule is Cn1ccnc1C(NC(=O)Cn1c(-c2ccccc2)cc2ccccc21)c1ccccc1F. The fourth-order valence-corrected chi connectivity index (χ4v) is 4.22. The van der Waals surface area contributed by atoms with Crippen LogP contribution in [0.4, 0.5) is 4.39 Å². The molecule has 5 nitrogen and oxygen atoms in total. The first kappa shape index (κ1) is 20.7. The van der Waals surface area contributed by atoms with Gasteiger partial charge >= 0.3 is 0 Å². The van der Waals surface area contributed by atoms with Gasteiger partial charge in [-0.25, -0.2) is 9.37 Å². The van der Waals surface area contributed by atoms with Gasteiger partial charge in [-0.05, 0) is 23.8 Å². The first-order valence-corrected chi connectivity index (χ1v) is 10.8. The average molecular weight is 439 g/mol. The van der Waals surface area contributed by atoms with Gasteiger partial charge in [0.05, 0.1) is 0 Å². The van der Waals surface area contributed by atoms with E-state index in [9.17, 15) is 9.18 Å². The number of hydrogen-bond donors (Lipinski definition) is 1. The zero-order valence-electron chi connectivity index (χ0n) is 18.1. The molecular formula is C27H23FN4O. The molecule has 0 bridgehead atoms. The van der Waals surface area contributed by atoms with Crippen molar-refractivity contribution in [3.8, 4) is 11.3 Å². The third-order valence-corrected chi connectivity index (χ3v) is 5.82. The smallest absolute Gasteiger partial charge is 0.240 e. The Balaban J connectivity index is 1.52. The standard InChI is InChI=1S/C27H23FN4O/c1-31-16-15-29-27(31)26(21-12-6-7-13-22(21)28)30-25(33)18-32-23-14-8-5-11-20(23)17-24(32)19-9-3-2-4-10-19/h2-17,26H,18H2,1H3,(H,30,33). The van der Waals surface area contributed by atoms with Gasteiger partial charge in [-0.1, -0.05) is 66.7 Å². The molecule has 6 heteroatoms. The fourth-order valence-electron chi connectivity index (χ4n) is 4.22. The monoisotopic (exact) mass is 438 g/mol. The van der Waals surface area contributed by atoms with Gasteiger partial charge in [0.1, 0.15) is 24.2 Å². The number of carbonyl (C=O) groups excluding carboxylic acids is 1. The highest BCUT2D eigenvalue weighted by Gasteiger charge is 2.24. The van der Waals surface area contributed by atoms with E-state index in [4.69, 9.17) is 0 Å². The molecule has 2 heterocycles. The Morgan fingerprint density at radius 3 is 2.48 bits per heavy atom. The van der Waals surface area contributed by atoms with Crippen LogP contribution in [0, 0.1) is 5.82 Å². The number of halogens is 1. The van der Waals surface area contributed by atoms with Crippen LogP contribution >= 0.6 is 0 Å². The summed E-state index contributed by atoms with van der Waals surface area (Å²) in [6, 6.07) is 25.8. The Bertz CT molecular complexity index is 1420. The number of benzene rings is 3. The van der Waals surface area contributed by atoms with Gasteiger partial charge in [0.15, 0.2) is 0 Å². The zero-order chi connectivity index (χ0) is 22.8. The van der Waals surface area contributed by atoms with Crippen molar-refractivity contribution < 1.29 is 9.18 Å². The number of para-hydroxylation sites is 1. The predicted octanol–water partition coefficient (Wildman–Crippen LogP) is 5.09. The molecule has 1 N–H and O–H groups in total. The summed E-state index contributed by atoms with van der Waals surface area (Å²) in [5, 5.41) is 4.07. The van der Waals surface area contributed by atoms with Crippen molar-refractivity contribution in [1.82, 2.24) is 19.4 Å². The van der Waals surface area contributed by atoms with Crippen molar-refractivity contribution in [2.75, 3.05) is 0 Å². The Labute approximate surface area is 191 Å². The van der Waals surface area contributed by atoms with Crippen molar-refractivity contribution in [1.29, 1.82) is 0 Å². The van der Waals surface area contributed by atoms with Gasteiger partial charge in [0, 0.05) is 41.6 Å². The molecule has 5 rings (SSSR count). The quantitative estimate of drug-likeness (QED) is 0.402. The Morgan fingerprint density at radius 1 is 1.00 bits per heavy atom. The topological polar surface area (TPSA) is 51.9 Å². The lowest BCUT2D eigenvalue weighted by atomic mass is 10.1. The van der Waals surface area contributed by atoms with Crippen LogP contribution in [-0.4, -0.2) is 20.0 Å². The Kier molecular flexibility index (Phi) is 5.48. The van der Waals surface area contributed by atoms with Crippen molar-refractivity contribution in [2.24, 2.45) is 7.05 Å². The number of aromatic nitrogens is 3. The molecule has 0 aliphatic carbocycles. The lowest BCUT2D eigenvalue weighted by Crippen LogP contribution is -2.34. The number of nitrogens with zero attached hydrogens (tertiary/aromatic N) is 3. The van der Waals surface area contributed by atoms with Crippen molar-refractivity contribution >= 4 is 16.8 Å². The molecule has 1 amide bonds. The van der Waals surface area contributed by atoms with E-state index in [0.717, 1.165) is 22.2 Å². The van der Waals surface area contributed by atoms with E-state index in [1.807, 2.05) is 66.2 Å². The van der Waals surface area contributed by atoms with Crippen molar-refractivity contribution in [2.45, 2.75) is 12.6 Å². The number of aryl methyl sites for hydroxylation is 1. The molecule has 3 aromatic carbocycles. The third-order valence-electron chi connectivity index (χ3n) is 5.82. The highest BCUT2D eigenvalue weighted by Crippen LogP contribution is 2.29. The predicted molar refractivity (Wildman–Crippen MR) is 127 cm³/mol. The molecule has 0 saturated heterocycles. The summed E-state index contributed by atoms with van der Waals surface area (Å²) in [4.78, 5) is 17.7. The van der Waals surface area contributed by atoms with Crippen LogP contribution in [0.25, 0.3) is 22.2 Å². The van der Waals surface area contributed by atoms with Gasteiger partial charge in [0.25, 0.3) is 0 Å². The van der Waals surface area contributed by atoms with Crippen LogP contribution in [0.3, 0.4) is 0 Å². The van der Waals surface area contributed by atoms with Gasteiger partial charge in [0.2, 0.25) is 5.91 Å². The number of carbonyl (C=O) groups is 1. The first-order valence-electron chi connectivity index (χ1n) is 10.8. The van der Waals surface area contributed by atoms with Crippen LogP contribution < -0.4 is 5.32 Å². The van der Waals surface area contributed by atoms with E-state index >= 15 is 0 Å². The van der Waals surface area contributed by atoms with Gasteiger partial charge in [-0.15, -0.1) is 0 Å². The van der Waals surface area contributed by atoms with E-state index in [1.165, 1.54) is 6.07 Å². The fraction of sp³-hybridized carbons (Fsp3) is 0.111. The Hall–Kier alpha value is -4.19. The average Bonchev–Trinajstić information content (AvgIpc) is 3.42. The molecule has 0 aliphatic heterocycles. The maximum absolute atomic E-state index is 14.7. The summed E-state index contributed by atoms with van der Waals surface area (Å²) in [5.74, 6) is -0.0546. The molecular weight excluding hydrogens is 415 g/mol. The molecule has 0 fully saturated rings. The lowest BCUT2D eigenvalue weighted by Gasteiger charge is -2.20. The highest BCUT2D eigenvalue weighted by molar-refractivity contribution is 5.89. The van der Waals surface area contributed by atoms with E-state index in [0.29, 0.717) is 11.4 Å². The summed E-state index contributed by atoms with van der Waals surface area (Å²) in [6.07, 6.45) is 3.42. The largest absolute Gasteiger partial charge is 0.340 e. The van der Waals surface area contributed by atoms with Crippen molar-refractivity contribution in [3.05, 3.63) is 115 Å². The number of amides is 1. The molecule has 1 atom stereocenters. The van der Waals surface area contributed by atoms with Crippen LogP contribution in [0.5, 0.6) is 0 Å². The molecule has 2 aromatic heterocycles. The molecule has 0 saturated carbocycles. The van der Waals surface area contributed by atoms with E-state index < -0.39 is 6.04 Å². The highest BCUT2D eigenvalue weighted by atomic mass is 19.1. The summed E-state index contributed by atoms with van der Waals surface area (Å²) in [7, 11) is 1.83. The molecule has 164 valence electrons. The minimum atomic E-state index is -0.708. The number of rotatable bonds is 6. The third kappa shape index (κ3) is 4.03. The zero-order valence-corrected chi connectivity index (χ0v) is 18.1. The van der Waals surface area contributed by atoms with Crippen LogP contribution in [0.15, 0.2) is 97.3 Å². The number of imidazole rings is 1. The number of fused-ring (bicyclic) bond motifs is 1. The molecule has 0 radical (unpaired) electrons. The molecule has 5 aromatic rings. The second-order valence-electron chi connectivity index (χ2n) is 7.96. The summed E-state index contributed by atoms with van der Waals surface area (Å²) in [6.45, 7) is 0.0904. The van der Waals surface area contributed by atoms with Crippen molar-refractivity contribution in [3.63, 3.8) is 0 Å². The van der Waals surface area contributed by atoms with Gasteiger partial charge in [-0.2, -0.15) is 0 Å². The Morgan fingerprint density at radius 2 is 1.73 bits per heavy atom. The minimum Gasteiger partial charge on any atom is -0.340 e. The van der Waals surface area contributed by atoms with E-state index in [1.54, 1.807) is 35.2 Å². The number of nitrogens with one attached hydrogen (secondary N) is 1. The summed E-state index contributed by atoms with van der Waals surface area (Å²) < 4.78 is 18.5. The summed E-state index contributed by atoms with van der Waals surface area (Å²) >= 11 is 0. The lowest BCUT2D eigenvalue weighted by molar-refractivity contribution is -0.122. The summed E-state index contributed by atoms with van der Waals surface area (Å²) in [5.41, 5.74) is 3.31. The van der Waals surface area contributed by atoms with Crippen LogP contribution in [0.1, 0.15) is 17.4 Å². The van der Waals surface area contributed by atoms with Crippen LogP contribution in [-0.2, 0) is 18.4 Å². The normalized spacial score (nSPS) is 12.1. The minimum absolute atomic E-state index is 0.0904. The van der Waals surface area contributed by atoms with E-state index in [-0.39, 0.29) is 18.3 Å². The maximum atomic E-state index is 14.7. The van der Waals surface area contributed by atoms with Gasteiger partial charge < -0.3 is 14.5 Å². The molecule has 33 heavy (non-hydrogen) atoms. The maximum Gasteiger partial charge on any atom is 0.240 e. The molecule has 1 unspecified atom stereocenters. The van der Waals surface area contributed by atoms with Gasteiger partial charge in [-0.3, -0.25) is 4.79 Å². The first-order chi connectivity index (χ1) is 16.1. The second-order valence-corrected chi connectivity index (χ2v) is 7.96. The molecule has 0 spiro atoms.